The molecular formula is C13H16N2O4. The molecule has 0 aliphatic rings. The normalized spacial score (nSPS) is 11.3. The van der Waals surface area contributed by atoms with Crippen LogP contribution in [0, 0.1) is 0 Å². The lowest BCUT2D eigenvalue weighted by atomic mass is 10.1. The maximum Gasteiger partial charge on any atom is 0.328 e. The summed E-state index contributed by atoms with van der Waals surface area (Å²) in [5, 5.41) is 5.05. The third-order valence-electron chi connectivity index (χ3n) is 2.48. The van der Waals surface area contributed by atoms with E-state index in [0.717, 1.165) is 5.56 Å². The van der Waals surface area contributed by atoms with Gasteiger partial charge in [0.05, 0.1) is 7.11 Å². The van der Waals surface area contributed by atoms with Crippen molar-refractivity contribution in [1.82, 2.24) is 5.32 Å². The summed E-state index contributed by atoms with van der Waals surface area (Å²) in [4.78, 5) is 32.8. The average Bonchev–Trinajstić information content (AvgIpc) is 2.39. The summed E-state index contributed by atoms with van der Waals surface area (Å²) in [6, 6.07) is 6.25. The van der Waals surface area contributed by atoms with E-state index in [0.29, 0.717) is 18.5 Å². The maximum atomic E-state index is 11.5. The predicted octanol–water partition coefficient (Wildman–Crippen LogP) is 0.475. The monoisotopic (exact) mass is 264 g/mol. The molecule has 0 saturated carbocycles. The summed E-state index contributed by atoms with van der Waals surface area (Å²) >= 11 is 0. The first-order chi connectivity index (χ1) is 9.06. The van der Waals surface area contributed by atoms with E-state index >= 15 is 0 Å². The first-order valence-electron chi connectivity index (χ1n) is 5.71. The highest BCUT2D eigenvalue weighted by Gasteiger charge is 2.20. The van der Waals surface area contributed by atoms with Gasteiger partial charge in [-0.25, -0.2) is 4.79 Å². The van der Waals surface area contributed by atoms with E-state index in [1.54, 1.807) is 24.3 Å². The minimum Gasteiger partial charge on any atom is -0.467 e. The zero-order valence-electron chi connectivity index (χ0n) is 10.8. The van der Waals surface area contributed by atoms with Crippen molar-refractivity contribution in [2.24, 2.45) is 0 Å². The molecule has 0 heterocycles. The molecule has 0 aliphatic carbocycles. The highest BCUT2D eigenvalue weighted by atomic mass is 16.5. The van der Waals surface area contributed by atoms with Crippen LogP contribution in [0.3, 0.4) is 0 Å². The lowest BCUT2D eigenvalue weighted by molar-refractivity contribution is -0.144. The molecule has 6 nitrogen and oxygen atoms in total. The third-order valence-corrected chi connectivity index (χ3v) is 2.48. The highest BCUT2D eigenvalue weighted by molar-refractivity contribution is 5.83. The summed E-state index contributed by atoms with van der Waals surface area (Å²) in [5.74, 6) is -0.792. The smallest absolute Gasteiger partial charge is 0.328 e. The van der Waals surface area contributed by atoms with E-state index in [4.69, 9.17) is 0 Å². The second-order valence-corrected chi connectivity index (χ2v) is 3.94. The van der Waals surface area contributed by atoms with Crippen molar-refractivity contribution in [3.63, 3.8) is 0 Å². The van der Waals surface area contributed by atoms with Crippen molar-refractivity contribution in [2.75, 3.05) is 12.4 Å². The van der Waals surface area contributed by atoms with Crippen molar-refractivity contribution >= 4 is 24.0 Å². The van der Waals surface area contributed by atoms with Gasteiger partial charge in [0.2, 0.25) is 12.3 Å². The molecule has 0 unspecified atom stereocenters. The Bertz CT molecular complexity index is 456. The van der Waals surface area contributed by atoms with E-state index in [2.05, 4.69) is 15.4 Å². The van der Waals surface area contributed by atoms with Gasteiger partial charge in [-0.3, -0.25) is 9.59 Å². The van der Waals surface area contributed by atoms with Crippen molar-refractivity contribution < 1.29 is 19.1 Å². The fraction of sp³-hybridized carbons (Fsp3) is 0.308. The largest absolute Gasteiger partial charge is 0.467 e. The first-order valence-corrected chi connectivity index (χ1v) is 5.71. The third kappa shape index (κ3) is 4.79. The molecule has 0 spiro atoms. The van der Waals surface area contributed by atoms with Crippen LogP contribution in [0.25, 0.3) is 0 Å². The number of amides is 2. The van der Waals surface area contributed by atoms with Crippen LogP contribution < -0.4 is 10.6 Å². The second kappa shape index (κ2) is 7.15. The molecule has 0 fully saturated rings. The van der Waals surface area contributed by atoms with Crippen LogP contribution in [-0.2, 0) is 25.5 Å². The van der Waals surface area contributed by atoms with Crippen molar-refractivity contribution in [2.45, 2.75) is 19.4 Å². The molecule has 0 radical (unpaired) electrons. The fourth-order valence-electron chi connectivity index (χ4n) is 1.62. The molecule has 1 rings (SSSR count). The van der Waals surface area contributed by atoms with Gasteiger partial charge >= 0.3 is 5.97 Å². The zero-order chi connectivity index (χ0) is 14.3. The average molecular weight is 264 g/mol. The molecule has 102 valence electrons. The number of rotatable bonds is 6. The van der Waals surface area contributed by atoms with Crippen LogP contribution in [-0.4, -0.2) is 31.4 Å². The molecule has 0 aliphatic heterocycles. The van der Waals surface area contributed by atoms with Crippen LogP contribution in [0.2, 0.25) is 0 Å². The van der Waals surface area contributed by atoms with Gasteiger partial charge in [-0.05, 0) is 17.7 Å². The Morgan fingerprint density at radius 3 is 2.42 bits per heavy atom. The molecule has 1 aromatic carbocycles. The highest BCUT2D eigenvalue weighted by Crippen LogP contribution is 2.11. The van der Waals surface area contributed by atoms with Gasteiger partial charge in [-0.1, -0.05) is 12.1 Å². The van der Waals surface area contributed by atoms with Gasteiger partial charge in [-0.15, -0.1) is 0 Å². The van der Waals surface area contributed by atoms with Gasteiger partial charge < -0.3 is 15.4 Å². The molecule has 1 atom stereocenters. The van der Waals surface area contributed by atoms with Crippen LogP contribution >= 0.6 is 0 Å². The number of esters is 1. The molecule has 2 amide bonds. The van der Waals surface area contributed by atoms with Gasteiger partial charge in [-0.2, -0.15) is 0 Å². The number of benzene rings is 1. The number of hydrogen-bond acceptors (Lipinski definition) is 4. The Morgan fingerprint density at radius 2 is 1.95 bits per heavy atom. The van der Waals surface area contributed by atoms with Crippen molar-refractivity contribution in [3.05, 3.63) is 29.8 Å². The summed E-state index contributed by atoms with van der Waals surface area (Å²) in [6.45, 7) is 1.34. The van der Waals surface area contributed by atoms with Gasteiger partial charge in [0.15, 0.2) is 0 Å². The molecule has 6 heteroatoms. The Kier molecular flexibility index (Phi) is 5.53. The Morgan fingerprint density at radius 1 is 1.32 bits per heavy atom. The number of methoxy groups -OCH3 is 1. The summed E-state index contributed by atoms with van der Waals surface area (Å²) < 4.78 is 4.64. The van der Waals surface area contributed by atoms with E-state index in [1.165, 1.54) is 14.0 Å². The molecule has 0 saturated heterocycles. The minimum atomic E-state index is -0.715. The number of ether oxygens (including phenoxy) is 1. The molecule has 0 bridgehead atoms. The Balaban J connectivity index is 2.74. The number of anilines is 1. The Labute approximate surface area is 111 Å². The van der Waals surface area contributed by atoms with Gasteiger partial charge in [0.25, 0.3) is 0 Å². The number of carbonyl (C=O) groups is 3. The maximum absolute atomic E-state index is 11.5. The molecular weight excluding hydrogens is 248 g/mol. The topological polar surface area (TPSA) is 84.5 Å². The molecule has 1 aromatic rings. The van der Waals surface area contributed by atoms with E-state index in [1.807, 2.05) is 0 Å². The SMILES string of the molecule is COC(=O)[C@H](Cc1ccc(NC=O)cc1)NC(C)=O. The minimum absolute atomic E-state index is 0.297. The van der Waals surface area contributed by atoms with E-state index < -0.39 is 12.0 Å². The molecule has 0 aromatic heterocycles. The summed E-state index contributed by atoms with van der Waals surface area (Å²) in [5.41, 5.74) is 1.51. The summed E-state index contributed by atoms with van der Waals surface area (Å²) in [7, 11) is 1.27. The van der Waals surface area contributed by atoms with Gasteiger partial charge in [0.1, 0.15) is 6.04 Å². The molecule has 2 N–H and O–H groups in total. The van der Waals surface area contributed by atoms with Crippen LogP contribution in [0.1, 0.15) is 12.5 Å². The van der Waals surface area contributed by atoms with Crippen molar-refractivity contribution in [1.29, 1.82) is 0 Å². The zero-order valence-corrected chi connectivity index (χ0v) is 10.8. The number of nitrogens with one attached hydrogen (secondary N) is 2. The van der Waals surface area contributed by atoms with Crippen LogP contribution in [0.15, 0.2) is 24.3 Å². The Hall–Kier alpha value is -2.37. The lowest BCUT2D eigenvalue weighted by Crippen LogP contribution is -2.41. The quantitative estimate of drug-likeness (QED) is 0.578. The van der Waals surface area contributed by atoms with E-state index in [9.17, 15) is 14.4 Å². The van der Waals surface area contributed by atoms with Crippen LogP contribution in [0.4, 0.5) is 5.69 Å². The second-order valence-electron chi connectivity index (χ2n) is 3.94. The number of carbonyl (C=O) groups excluding carboxylic acids is 3. The first kappa shape index (κ1) is 14.7. The fourth-order valence-corrected chi connectivity index (χ4v) is 1.62. The number of hydrogen-bond donors (Lipinski definition) is 2. The summed E-state index contributed by atoms with van der Waals surface area (Å²) in [6.07, 6.45) is 0.914. The predicted molar refractivity (Wildman–Crippen MR) is 69.5 cm³/mol. The van der Waals surface area contributed by atoms with Crippen molar-refractivity contribution in [3.8, 4) is 0 Å². The van der Waals surface area contributed by atoms with Crippen LogP contribution in [0.5, 0.6) is 0 Å². The molecule has 19 heavy (non-hydrogen) atoms. The van der Waals surface area contributed by atoms with Gasteiger partial charge in [0, 0.05) is 19.0 Å². The van der Waals surface area contributed by atoms with E-state index in [-0.39, 0.29) is 5.91 Å². The standard InChI is InChI=1S/C13H16N2O4/c1-9(17)15-12(13(18)19-2)7-10-3-5-11(6-4-10)14-8-16/h3-6,8,12H,7H2,1-2H3,(H,14,16)(H,15,17)/t12-/m0/s1. The lowest BCUT2D eigenvalue weighted by Gasteiger charge is -2.15.